The average molecular weight is 121 g/mol. The second-order valence-corrected chi connectivity index (χ2v) is 1.44. The summed E-state index contributed by atoms with van der Waals surface area (Å²) in [5.74, 6) is 0. The topological polar surface area (TPSA) is 21.3 Å². The maximum Gasteiger partial charge on any atom is 0.0735 e. The Kier molecular flexibility index (Phi) is 6.51. The van der Waals surface area contributed by atoms with Gasteiger partial charge in [0.2, 0.25) is 0 Å². The number of hydrogen-bond donors (Lipinski definition) is 2. The first-order chi connectivity index (χ1) is 3.41. The molecule has 7 heavy (non-hydrogen) atoms. The second kappa shape index (κ2) is 6.27. The molecule has 0 amide bonds. The lowest BCUT2D eigenvalue weighted by atomic mass is 10.6. The monoisotopic (exact) mass is 121 g/mol. The minimum Gasteiger partial charge on any atom is -0.317 e. The normalized spacial score (nSPS) is 9.43. The number of likely N-dealkylation sites (N-methyl/N-ethyl adjacent to an activating group) is 1. The SMILES string of the molecule is CCNCCOS. The van der Waals surface area contributed by atoms with Crippen molar-refractivity contribution in [2.24, 2.45) is 0 Å². The van der Waals surface area contributed by atoms with Crippen LogP contribution in [0.4, 0.5) is 0 Å². The molecule has 0 aliphatic carbocycles. The molecule has 0 radical (unpaired) electrons. The summed E-state index contributed by atoms with van der Waals surface area (Å²) in [5, 5.41) is 3.08. The van der Waals surface area contributed by atoms with Gasteiger partial charge in [-0.3, -0.25) is 0 Å². The smallest absolute Gasteiger partial charge is 0.0735 e. The molecule has 0 aliphatic rings. The fourth-order valence-corrected chi connectivity index (χ4v) is 0.386. The Bertz CT molecular complexity index is 30.9. The lowest BCUT2D eigenvalue weighted by Crippen LogP contribution is -2.17. The van der Waals surface area contributed by atoms with Crippen molar-refractivity contribution in [1.29, 1.82) is 0 Å². The Morgan fingerprint density at radius 1 is 1.71 bits per heavy atom. The van der Waals surface area contributed by atoms with Crippen molar-refractivity contribution < 1.29 is 4.18 Å². The second-order valence-electron chi connectivity index (χ2n) is 1.19. The van der Waals surface area contributed by atoms with Gasteiger partial charge in [-0.1, -0.05) is 6.92 Å². The number of thiol groups is 1. The van der Waals surface area contributed by atoms with Crippen LogP contribution in [0.3, 0.4) is 0 Å². The van der Waals surface area contributed by atoms with E-state index in [-0.39, 0.29) is 0 Å². The fraction of sp³-hybridized carbons (Fsp3) is 1.00. The van der Waals surface area contributed by atoms with Crippen molar-refractivity contribution in [1.82, 2.24) is 5.32 Å². The van der Waals surface area contributed by atoms with Crippen LogP contribution < -0.4 is 5.32 Å². The van der Waals surface area contributed by atoms with Crippen LogP contribution >= 0.6 is 12.9 Å². The van der Waals surface area contributed by atoms with E-state index >= 15 is 0 Å². The van der Waals surface area contributed by atoms with E-state index in [1.54, 1.807) is 0 Å². The Balaban J connectivity index is 2.45. The molecule has 0 aromatic carbocycles. The fourth-order valence-electron chi connectivity index (χ4n) is 0.295. The van der Waals surface area contributed by atoms with Crippen molar-refractivity contribution >= 4 is 12.9 Å². The van der Waals surface area contributed by atoms with Gasteiger partial charge in [0.05, 0.1) is 6.61 Å². The van der Waals surface area contributed by atoms with E-state index in [2.05, 4.69) is 29.3 Å². The lowest BCUT2D eigenvalue weighted by molar-refractivity contribution is 0.376. The zero-order valence-electron chi connectivity index (χ0n) is 4.48. The third kappa shape index (κ3) is 6.27. The molecular formula is C4H11NOS. The first-order valence-electron chi connectivity index (χ1n) is 2.39. The van der Waals surface area contributed by atoms with Crippen LogP contribution in [0.5, 0.6) is 0 Å². The van der Waals surface area contributed by atoms with Crippen LogP contribution in [-0.4, -0.2) is 19.7 Å². The summed E-state index contributed by atoms with van der Waals surface area (Å²) in [7, 11) is 0. The van der Waals surface area contributed by atoms with E-state index in [1.807, 2.05) is 0 Å². The van der Waals surface area contributed by atoms with Crippen LogP contribution in [-0.2, 0) is 4.18 Å². The summed E-state index contributed by atoms with van der Waals surface area (Å²) in [6.45, 7) is 4.62. The van der Waals surface area contributed by atoms with Gasteiger partial charge in [-0.25, -0.2) is 0 Å². The maximum atomic E-state index is 4.48. The predicted molar refractivity (Wildman–Crippen MR) is 33.5 cm³/mol. The number of nitrogens with one attached hydrogen (secondary N) is 1. The Morgan fingerprint density at radius 2 is 2.43 bits per heavy atom. The number of hydrogen-bond acceptors (Lipinski definition) is 3. The standard InChI is InChI=1S/C4H11NOS/c1-2-5-3-4-6-7/h5,7H,2-4H2,1H3. The first-order valence-corrected chi connectivity index (χ1v) is 2.75. The molecule has 0 fully saturated rings. The van der Waals surface area contributed by atoms with E-state index in [0.29, 0.717) is 6.61 Å². The molecule has 0 atom stereocenters. The van der Waals surface area contributed by atoms with E-state index < -0.39 is 0 Å². The van der Waals surface area contributed by atoms with E-state index in [9.17, 15) is 0 Å². The molecule has 1 N–H and O–H groups in total. The van der Waals surface area contributed by atoms with Gasteiger partial charge < -0.3 is 9.50 Å². The van der Waals surface area contributed by atoms with Gasteiger partial charge in [0.1, 0.15) is 0 Å². The summed E-state index contributed by atoms with van der Waals surface area (Å²) in [6, 6.07) is 0. The molecule has 0 saturated carbocycles. The summed E-state index contributed by atoms with van der Waals surface area (Å²) < 4.78 is 4.48. The van der Waals surface area contributed by atoms with Crippen molar-refractivity contribution in [2.45, 2.75) is 6.92 Å². The quantitative estimate of drug-likeness (QED) is 0.320. The van der Waals surface area contributed by atoms with Gasteiger partial charge in [-0.05, 0) is 19.5 Å². The minimum absolute atomic E-state index is 0.678. The summed E-state index contributed by atoms with van der Waals surface area (Å²) >= 11 is 3.55. The highest BCUT2D eigenvalue weighted by Gasteiger charge is 1.77. The molecule has 44 valence electrons. The highest BCUT2D eigenvalue weighted by atomic mass is 32.1. The van der Waals surface area contributed by atoms with Crippen LogP contribution in [0, 0.1) is 0 Å². The summed E-state index contributed by atoms with van der Waals surface area (Å²) in [5.41, 5.74) is 0. The Hall–Kier alpha value is 0.270. The summed E-state index contributed by atoms with van der Waals surface area (Å²) in [4.78, 5) is 0. The third-order valence-electron chi connectivity index (χ3n) is 0.620. The highest BCUT2D eigenvalue weighted by Crippen LogP contribution is 1.72. The third-order valence-corrected chi connectivity index (χ3v) is 0.803. The van der Waals surface area contributed by atoms with Crippen LogP contribution in [0.1, 0.15) is 6.92 Å². The molecule has 0 heterocycles. The van der Waals surface area contributed by atoms with Gasteiger partial charge in [0.25, 0.3) is 0 Å². The molecule has 3 heteroatoms. The molecule has 0 bridgehead atoms. The average Bonchev–Trinajstić information content (AvgIpc) is 1.69. The summed E-state index contributed by atoms with van der Waals surface area (Å²) in [6.07, 6.45) is 0. The minimum atomic E-state index is 0.678. The zero-order chi connectivity index (χ0) is 5.54. The largest absolute Gasteiger partial charge is 0.317 e. The van der Waals surface area contributed by atoms with E-state index in [4.69, 9.17) is 0 Å². The van der Waals surface area contributed by atoms with Crippen LogP contribution in [0.15, 0.2) is 0 Å². The van der Waals surface area contributed by atoms with Crippen LogP contribution in [0.2, 0.25) is 0 Å². The van der Waals surface area contributed by atoms with Gasteiger partial charge in [-0.15, -0.1) is 0 Å². The van der Waals surface area contributed by atoms with Gasteiger partial charge >= 0.3 is 0 Å². The molecule has 0 aliphatic heterocycles. The molecule has 2 nitrogen and oxygen atoms in total. The van der Waals surface area contributed by atoms with Crippen LogP contribution in [0.25, 0.3) is 0 Å². The Labute approximate surface area is 49.9 Å². The highest BCUT2D eigenvalue weighted by molar-refractivity contribution is 7.75. The van der Waals surface area contributed by atoms with Gasteiger partial charge in [0, 0.05) is 6.54 Å². The molecule has 0 aromatic rings. The number of rotatable bonds is 4. The Morgan fingerprint density at radius 3 is 2.86 bits per heavy atom. The predicted octanol–water partition coefficient (Wildman–Crippen LogP) is 0.457. The molecule has 0 spiro atoms. The van der Waals surface area contributed by atoms with Crippen molar-refractivity contribution in [3.05, 3.63) is 0 Å². The van der Waals surface area contributed by atoms with Crippen molar-refractivity contribution in [3.63, 3.8) is 0 Å². The van der Waals surface area contributed by atoms with E-state index in [0.717, 1.165) is 13.1 Å². The molecule has 0 saturated heterocycles. The maximum absolute atomic E-state index is 4.48. The van der Waals surface area contributed by atoms with Gasteiger partial charge in [0.15, 0.2) is 0 Å². The van der Waals surface area contributed by atoms with Crippen molar-refractivity contribution in [3.8, 4) is 0 Å². The molecule has 0 rings (SSSR count). The molecule has 0 aromatic heterocycles. The van der Waals surface area contributed by atoms with Crippen molar-refractivity contribution in [2.75, 3.05) is 19.7 Å². The molecular weight excluding hydrogens is 110 g/mol. The van der Waals surface area contributed by atoms with E-state index in [1.165, 1.54) is 0 Å². The van der Waals surface area contributed by atoms with Gasteiger partial charge in [-0.2, -0.15) is 0 Å². The molecule has 0 unspecified atom stereocenters. The lowest BCUT2D eigenvalue weighted by Gasteiger charge is -1.95. The zero-order valence-corrected chi connectivity index (χ0v) is 5.37. The first kappa shape index (κ1) is 7.27.